The first kappa shape index (κ1) is 19.3. The second kappa shape index (κ2) is 6.66. The predicted octanol–water partition coefficient (Wildman–Crippen LogP) is 4.80. The van der Waals surface area contributed by atoms with E-state index in [2.05, 4.69) is 15.1 Å². The van der Waals surface area contributed by atoms with Crippen LogP contribution >= 0.6 is 0 Å². The molecule has 1 spiro atoms. The number of fused-ring (bicyclic) bond motifs is 1. The minimum Gasteiger partial charge on any atom is -0.507 e. The zero-order valence-corrected chi connectivity index (χ0v) is 16.4. The Bertz CT molecular complexity index is 1100. The molecule has 1 saturated heterocycles. The number of benzene rings is 1. The van der Waals surface area contributed by atoms with E-state index in [1.54, 1.807) is 0 Å². The molecule has 1 aliphatic carbocycles. The zero-order valence-electron chi connectivity index (χ0n) is 16.4. The first-order chi connectivity index (χ1) is 14.3. The summed E-state index contributed by atoms with van der Waals surface area (Å²) < 4.78 is 47.0. The van der Waals surface area contributed by atoms with Crippen molar-refractivity contribution in [2.45, 2.75) is 56.8 Å². The maximum Gasteiger partial charge on any atom is 0.416 e. The van der Waals surface area contributed by atoms with Gasteiger partial charge >= 0.3 is 6.18 Å². The number of aromatic hydroxyl groups is 1. The fraction of sp³-hybridized carbons (Fsp3) is 0.476. The molecule has 1 atom stereocenters. The highest BCUT2D eigenvalue weighted by molar-refractivity contribution is 5.77. The Morgan fingerprint density at radius 3 is 2.70 bits per heavy atom. The number of hydrogen-bond acceptors (Lipinski definition) is 5. The lowest BCUT2D eigenvalue weighted by atomic mass is 9.72. The SMILES string of the molecule is Cc1cc(C(F)(F)F)cc(O)c1-c1cnc2cn(C3CCCOC34CCC4)nc2n1. The molecule has 5 rings (SSSR count). The Labute approximate surface area is 170 Å². The number of aryl methyl sites for hydroxylation is 1. The summed E-state index contributed by atoms with van der Waals surface area (Å²) in [4.78, 5) is 8.89. The van der Waals surface area contributed by atoms with E-state index in [0.29, 0.717) is 17.2 Å². The van der Waals surface area contributed by atoms with Gasteiger partial charge in [-0.25, -0.2) is 9.97 Å². The first-order valence-corrected chi connectivity index (χ1v) is 10.0. The highest BCUT2D eigenvalue weighted by Gasteiger charge is 2.48. The Hall–Kier alpha value is -2.68. The van der Waals surface area contributed by atoms with Crippen LogP contribution in [0.25, 0.3) is 22.4 Å². The predicted molar refractivity (Wildman–Crippen MR) is 103 cm³/mol. The van der Waals surface area contributed by atoms with Crippen molar-refractivity contribution in [3.05, 3.63) is 35.7 Å². The van der Waals surface area contributed by atoms with Crippen molar-refractivity contribution in [2.75, 3.05) is 6.61 Å². The average molecular weight is 418 g/mol. The molecule has 30 heavy (non-hydrogen) atoms. The van der Waals surface area contributed by atoms with Gasteiger partial charge in [-0.2, -0.15) is 18.3 Å². The van der Waals surface area contributed by atoms with Crippen LogP contribution in [0.2, 0.25) is 0 Å². The molecule has 2 fully saturated rings. The molecule has 1 N–H and O–H groups in total. The van der Waals surface area contributed by atoms with Gasteiger partial charge in [0.15, 0.2) is 5.65 Å². The molecule has 0 amide bonds. The van der Waals surface area contributed by atoms with Crippen molar-refractivity contribution < 1.29 is 23.0 Å². The molecule has 0 radical (unpaired) electrons. The summed E-state index contributed by atoms with van der Waals surface area (Å²) in [5.74, 6) is -0.482. The Morgan fingerprint density at radius 1 is 1.23 bits per heavy atom. The lowest BCUT2D eigenvalue weighted by molar-refractivity contribution is -0.161. The van der Waals surface area contributed by atoms with Crippen LogP contribution < -0.4 is 0 Å². The molecule has 3 heterocycles. The standard InChI is InChI=1S/C21H21F3N4O2/c1-12-8-13(21(22,23)24)9-16(29)18(12)14-10-25-15-11-28(27-19(15)26-14)17-4-2-7-30-20(17)5-3-6-20/h8-11,17,29H,2-7H2,1H3. The lowest BCUT2D eigenvalue weighted by Gasteiger charge is -2.49. The van der Waals surface area contributed by atoms with Gasteiger partial charge in [0, 0.05) is 12.2 Å². The maximum absolute atomic E-state index is 13.0. The van der Waals surface area contributed by atoms with Crippen molar-refractivity contribution >= 4 is 11.2 Å². The van der Waals surface area contributed by atoms with E-state index in [1.807, 2.05) is 10.9 Å². The smallest absolute Gasteiger partial charge is 0.416 e. The van der Waals surface area contributed by atoms with E-state index in [9.17, 15) is 18.3 Å². The molecule has 1 saturated carbocycles. The third kappa shape index (κ3) is 3.03. The van der Waals surface area contributed by atoms with Crippen LogP contribution in [0, 0.1) is 6.92 Å². The number of hydrogen-bond donors (Lipinski definition) is 1. The van der Waals surface area contributed by atoms with Crippen molar-refractivity contribution in [1.82, 2.24) is 19.7 Å². The molecule has 1 aromatic carbocycles. The molecule has 6 nitrogen and oxygen atoms in total. The second-order valence-electron chi connectivity index (χ2n) is 8.18. The van der Waals surface area contributed by atoms with Crippen molar-refractivity contribution in [1.29, 1.82) is 0 Å². The molecule has 9 heteroatoms. The van der Waals surface area contributed by atoms with Crippen molar-refractivity contribution in [2.24, 2.45) is 0 Å². The first-order valence-electron chi connectivity index (χ1n) is 10.0. The van der Waals surface area contributed by atoms with Crippen molar-refractivity contribution in [3.63, 3.8) is 0 Å². The molecule has 1 unspecified atom stereocenters. The second-order valence-corrected chi connectivity index (χ2v) is 8.18. The number of nitrogens with zero attached hydrogens (tertiary/aromatic N) is 4. The van der Waals surface area contributed by atoms with Gasteiger partial charge in [0.1, 0.15) is 11.3 Å². The summed E-state index contributed by atoms with van der Waals surface area (Å²) in [6, 6.07) is 1.84. The maximum atomic E-state index is 13.0. The number of alkyl halides is 3. The molecule has 158 valence electrons. The summed E-state index contributed by atoms with van der Waals surface area (Å²) in [6.07, 6.45) is 3.88. The highest BCUT2D eigenvalue weighted by Crippen LogP contribution is 2.48. The minimum atomic E-state index is -4.53. The van der Waals surface area contributed by atoms with Crippen LogP contribution in [0.5, 0.6) is 5.75 Å². The van der Waals surface area contributed by atoms with Gasteiger partial charge in [0.25, 0.3) is 0 Å². The molecule has 0 bridgehead atoms. The zero-order chi connectivity index (χ0) is 21.1. The van der Waals surface area contributed by atoms with Gasteiger partial charge in [-0.1, -0.05) is 0 Å². The fourth-order valence-electron chi connectivity index (χ4n) is 4.65. The molecular weight excluding hydrogens is 397 g/mol. The number of ether oxygens (including phenoxy) is 1. The number of rotatable bonds is 2. The van der Waals surface area contributed by atoms with E-state index < -0.39 is 17.5 Å². The highest BCUT2D eigenvalue weighted by atomic mass is 19.4. The van der Waals surface area contributed by atoms with Crippen molar-refractivity contribution in [3.8, 4) is 17.0 Å². The monoisotopic (exact) mass is 418 g/mol. The van der Waals surface area contributed by atoms with Gasteiger partial charge < -0.3 is 9.84 Å². The van der Waals surface area contributed by atoms with E-state index >= 15 is 0 Å². The summed E-state index contributed by atoms with van der Waals surface area (Å²) in [5.41, 5.74) is 0.713. The van der Waals surface area contributed by atoms with Crippen LogP contribution in [-0.4, -0.2) is 37.1 Å². The van der Waals surface area contributed by atoms with E-state index in [0.717, 1.165) is 44.8 Å². The van der Waals surface area contributed by atoms with Gasteiger partial charge in [-0.3, -0.25) is 4.68 Å². The van der Waals surface area contributed by atoms with E-state index in [4.69, 9.17) is 4.74 Å². The fourth-order valence-corrected chi connectivity index (χ4v) is 4.65. The molecular formula is C21H21F3N4O2. The van der Waals surface area contributed by atoms with Gasteiger partial charge in [-0.15, -0.1) is 0 Å². The normalized spacial score (nSPS) is 21.1. The Balaban J connectivity index is 1.54. The molecule has 2 aromatic heterocycles. The summed E-state index contributed by atoms with van der Waals surface area (Å²) in [5, 5.41) is 14.9. The van der Waals surface area contributed by atoms with Crippen LogP contribution in [0.3, 0.4) is 0 Å². The summed E-state index contributed by atoms with van der Waals surface area (Å²) in [7, 11) is 0. The average Bonchev–Trinajstić information content (AvgIpc) is 3.08. The van der Waals surface area contributed by atoms with Gasteiger partial charge in [0.05, 0.1) is 35.3 Å². The van der Waals surface area contributed by atoms with Crippen LogP contribution in [0.4, 0.5) is 13.2 Å². The third-order valence-electron chi connectivity index (χ3n) is 6.28. The number of aromatic nitrogens is 4. The largest absolute Gasteiger partial charge is 0.507 e. The number of phenolic OH excluding ortho intramolecular Hbond substituents is 1. The number of phenols is 1. The van der Waals surface area contributed by atoms with Crippen LogP contribution in [0.15, 0.2) is 24.5 Å². The summed E-state index contributed by atoms with van der Waals surface area (Å²) >= 11 is 0. The minimum absolute atomic E-state index is 0.126. The molecule has 3 aromatic rings. The van der Waals surface area contributed by atoms with Gasteiger partial charge in [0.2, 0.25) is 0 Å². The van der Waals surface area contributed by atoms with Crippen LogP contribution in [-0.2, 0) is 10.9 Å². The Morgan fingerprint density at radius 2 is 2.03 bits per heavy atom. The topological polar surface area (TPSA) is 73.1 Å². The lowest BCUT2D eigenvalue weighted by Crippen LogP contribution is -2.50. The third-order valence-corrected chi connectivity index (χ3v) is 6.28. The van der Waals surface area contributed by atoms with Crippen LogP contribution in [0.1, 0.15) is 49.3 Å². The quantitative estimate of drug-likeness (QED) is 0.647. The molecule has 2 aliphatic rings. The van der Waals surface area contributed by atoms with Gasteiger partial charge in [-0.05, 0) is 56.7 Å². The summed E-state index contributed by atoms with van der Waals surface area (Å²) in [6.45, 7) is 2.28. The number of halogens is 3. The van der Waals surface area contributed by atoms with E-state index in [1.165, 1.54) is 13.1 Å². The van der Waals surface area contributed by atoms with E-state index in [-0.39, 0.29) is 28.5 Å². The Kier molecular flexibility index (Phi) is 4.29. The molecule has 1 aliphatic heterocycles.